The average molecular weight is 496 g/mol. The molecule has 0 aliphatic carbocycles. The average Bonchev–Trinajstić information content (AvgIpc) is 2.88. The van der Waals surface area contributed by atoms with Gasteiger partial charge in [-0.3, -0.25) is 4.79 Å². The highest BCUT2D eigenvalue weighted by molar-refractivity contribution is 5.71. The van der Waals surface area contributed by atoms with Gasteiger partial charge >= 0.3 is 0 Å². The molecule has 0 radical (unpaired) electrons. The van der Waals surface area contributed by atoms with E-state index in [1.165, 1.54) is 6.07 Å². The van der Waals surface area contributed by atoms with Crippen molar-refractivity contribution in [2.45, 2.75) is 53.2 Å². The van der Waals surface area contributed by atoms with Crippen LogP contribution in [0.25, 0.3) is 22.3 Å². The molecule has 0 saturated carbocycles. The van der Waals surface area contributed by atoms with Gasteiger partial charge in [-0.05, 0) is 68.1 Å². The largest absolute Gasteiger partial charge is 0.491 e. The molecule has 1 heterocycles. The standard InChI is InChI=1S/C31H30FN3O2/c1-5-8-29-34-31(36)30(22-13-15-26(16-14-22)37-20(2)3)21(4)35(29)19-25-12-11-23(17-28(25)32)27-10-7-6-9-24(27)18-33/h6-7,9-17,20H,5,8,19H2,1-4H3. The van der Waals surface area contributed by atoms with E-state index in [2.05, 4.69) is 11.1 Å². The fourth-order valence-corrected chi connectivity index (χ4v) is 4.49. The van der Waals surface area contributed by atoms with Gasteiger partial charge in [0.2, 0.25) is 0 Å². The fourth-order valence-electron chi connectivity index (χ4n) is 4.49. The first-order valence-corrected chi connectivity index (χ1v) is 12.5. The van der Waals surface area contributed by atoms with Crippen molar-refractivity contribution < 1.29 is 9.13 Å². The van der Waals surface area contributed by atoms with Gasteiger partial charge in [0.15, 0.2) is 0 Å². The lowest BCUT2D eigenvalue weighted by Gasteiger charge is -2.19. The maximum Gasteiger partial charge on any atom is 0.281 e. The van der Waals surface area contributed by atoms with E-state index in [1.807, 2.05) is 74.7 Å². The number of benzene rings is 3. The summed E-state index contributed by atoms with van der Waals surface area (Å²) in [4.78, 5) is 17.5. The maximum absolute atomic E-state index is 15.4. The summed E-state index contributed by atoms with van der Waals surface area (Å²) >= 11 is 0. The Labute approximate surface area is 216 Å². The number of hydrogen-bond acceptors (Lipinski definition) is 4. The van der Waals surface area contributed by atoms with Crippen molar-refractivity contribution in [1.29, 1.82) is 5.26 Å². The van der Waals surface area contributed by atoms with Gasteiger partial charge in [-0.1, -0.05) is 49.4 Å². The first-order valence-electron chi connectivity index (χ1n) is 12.5. The predicted octanol–water partition coefficient (Wildman–Crippen LogP) is 6.68. The van der Waals surface area contributed by atoms with Crippen LogP contribution in [0.4, 0.5) is 4.39 Å². The fraction of sp³-hybridized carbons (Fsp3) is 0.258. The highest BCUT2D eigenvalue weighted by Gasteiger charge is 2.18. The third kappa shape index (κ3) is 5.62. The maximum atomic E-state index is 15.4. The molecule has 4 aromatic rings. The van der Waals surface area contributed by atoms with Gasteiger partial charge < -0.3 is 9.30 Å². The first-order chi connectivity index (χ1) is 17.8. The van der Waals surface area contributed by atoms with Gasteiger partial charge in [-0.25, -0.2) is 4.39 Å². The Kier molecular flexibility index (Phi) is 7.83. The Balaban J connectivity index is 1.75. The van der Waals surface area contributed by atoms with E-state index >= 15 is 4.39 Å². The Morgan fingerprint density at radius 1 is 1.05 bits per heavy atom. The molecule has 0 spiro atoms. The number of aryl methyl sites for hydroxylation is 1. The van der Waals surface area contributed by atoms with Gasteiger partial charge in [0.25, 0.3) is 5.56 Å². The lowest BCUT2D eigenvalue weighted by Crippen LogP contribution is -2.23. The van der Waals surface area contributed by atoms with E-state index in [0.29, 0.717) is 40.1 Å². The minimum Gasteiger partial charge on any atom is -0.491 e. The van der Waals surface area contributed by atoms with E-state index < -0.39 is 0 Å². The van der Waals surface area contributed by atoms with Crippen molar-refractivity contribution in [3.63, 3.8) is 0 Å². The minimum absolute atomic E-state index is 0.0504. The molecule has 0 aliphatic rings. The normalized spacial score (nSPS) is 10.9. The van der Waals surface area contributed by atoms with E-state index in [4.69, 9.17) is 4.74 Å². The number of rotatable bonds is 8. The molecule has 0 aliphatic heterocycles. The van der Waals surface area contributed by atoms with Gasteiger partial charge in [0.05, 0.1) is 29.8 Å². The molecule has 3 aromatic carbocycles. The van der Waals surface area contributed by atoms with Crippen LogP contribution in [0.1, 0.15) is 49.8 Å². The van der Waals surface area contributed by atoms with Gasteiger partial charge in [0.1, 0.15) is 17.4 Å². The van der Waals surface area contributed by atoms with Crippen molar-refractivity contribution in [2.75, 3.05) is 0 Å². The van der Waals surface area contributed by atoms with Crippen LogP contribution >= 0.6 is 0 Å². The van der Waals surface area contributed by atoms with Crippen LogP contribution in [0, 0.1) is 24.1 Å². The summed E-state index contributed by atoms with van der Waals surface area (Å²) in [6.45, 7) is 8.06. The molecule has 37 heavy (non-hydrogen) atoms. The molecular formula is C31H30FN3O2. The molecule has 0 fully saturated rings. The highest BCUT2D eigenvalue weighted by atomic mass is 19.1. The highest BCUT2D eigenvalue weighted by Crippen LogP contribution is 2.27. The quantitative estimate of drug-likeness (QED) is 0.273. The van der Waals surface area contributed by atoms with Crippen LogP contribution in [0.5, 0.6) is 5.75 Å². The Bertz CT molecular complexity index is 1520. The Hall–Kier alpha value is -4.24. The Morgan fingerprint density at radius 3 is 2.41 bits per heavy atom. The third-order valence-corrected chi connectivity index (χ3v) is 6.25. The predicted molar refractivity (Wildman–Crippen MR) is 144 cm³/mol. The number of nitrogens with zero attached hydrogens (tertiary/aromatic N) is 3. The second-order valence-electron chi connectivity index (χ2n) is 9.28. The van der Waals surface area contributed by atoms with Crippen LogP contribution in [0.3, 0.4) is 0 Å². The lowest BCUT2D eigenvalue weighted by molar-refractivity contribution is 0.242. The molecule has 0 bridgehead atoms. The molecule has 0 N–H and O–H groups in total. The van der Waals surface area contributed by atoms with Gasteiger partial charge in [-0.15, -0.1) is 0 Å². The van der Waals surface area contributed by atoms with Crippen LogP contribution in [0.2, 0.25) is 0 Å². The topological polar surface area (TPSA) is 67.9 Å². The molecule has 4 rings (SSSR count). The zero-order valence-electron chi connectivity index (χ0n) is 21.6. The number of ether oxygens (including phenoxy) is 1. The molecule has 0 amide bonds. The monoisotopic (exact) mass is 495 g/mol. The van der Waals surface area contributed by atoms with E-state index in [9.17, 15) is 10.1 Å². The molecule has 188 valence electrons. The van der Waals surface area contributed by atoms with Crippen molar-refractivity contribution >= 4 is 0 Å². The molecule has 0 atom stereocenters. The summed E-state index contributed by atoms with van der Waals surface area (Å²) in [5.41, 5.74) is 3.99. The molecule has 0 saturated heterocycles. The zero-order chi connectivity index (χ0) is 26.5. The third-order valence-electron chi connectivity index (χ3n) is 6.25. The van der Waals surface area contributed by atoms with Crippen molar-refractivity contribution in [3.05, 3.63) is 106 Å². The van der Waals surface area contributed by atoms with Crippen LogP contribution in [-0.4, -0.2) is 15.7 Å². The minimum atomic E-state index is -0.373. The van der Waals surface area contributed by atoms with Crippen LogP contribution in [-0.2, 0) is 13.0 Å². The SMILES string of the molecule is CCCc1nc(=O)c(-c2ccc(OC(C)C)cc2)c(C)n1Cc1ccc(-c2ccccc2C#N)cc1F. The van der Waals surface area contributed by atoms with Crippen LogP contribution in [0.15, 0.2) is 71.5 Å². The Morgan fingerprint density at radius 2 is 1.76 bits per heavy atom. The molecular weight excluding hydrogens is 465 g/mol. The molecule has 6 heteroatoms. The zero-order valence-corrected chi connectivity index (χ0v) is 21.6. The number of halogens is 1. The van der Waals surface area contributed by atoms with Crippen molar-refractivity contribution in [3.8, 4) is 34.1 Å². The molecule has 0 unspecified atom stereocenters. The summed E-state index contributed by atoms with van der Waals surface area (Å²) < 4.78 is 23.0. The number of aromatic nitrogens is 2. The van der Waals surface area contributed by atoms with Gasteiger partial charge in [-0.2, -0.15) is 10.2 Å². The summed E-state index contributed by atoms with van der Waals surface area (Å²) in [7, 11) is 0. The number of hydrogen-bond donors (Lipinski definition) is 0. The molecule has 5 nitrogen and oxygen atoms in total. The smallest absolute Gasteiger partial charge is 0.281 e. The van der Waals surface area contributed by atoms with Crippen molar-refractivity contribution in [1.82, 2.24) is 9.55 Å². The second-order valence-corrected chi connectivity index (χ2v) is 9.28. The number of nitriles is 1. The van der Waals surface area contributed by atoms with Crippen LogP contribution < -0.4 is 10.3 Å². The van der Waals surface area contributed by atoms with E-state index in [0.717, 1.165) is 23.4 Å². The summed E-state index contributed by atoms with van der Waals surface area (Å²) in [5, 5.41) is 9.42. The summed E-state index contributed by atoms with van der Waals surface area (Å²) in [6.07, 6.45) is 1.46. The van der Waals surface area contributed by atoms with E-state index in [-0.39, 0.29) is 24.0 Å². The van der Waals surface area contributed by atoms with E-state index in [1.54, 1.807) is 18.2 Å². The lowest BCUT2D eigenvalue weighted by atomic mass is 9.99. The second kappa shape index (κ2) is 11.2. The summed E-state index contributed by atoms with van der Waals surface area (Å²) in [6, 6.07) is 21.7. The first kappa shape index (κ1) is 25.8. The van der Waals surface area contributed by atoms with Gasteiger partial charge in [0, 0.05) is 17.7 Å². The molecule has 1 aromatic heterocycles. The van der Waals surface area contributed by atoms with Crippen molar-refractivity contribution in [2.24, 2.45) is 0 Å². The summed E-state index contributed by atoms with van der Waals surface area (Å²) in [5.74, 6) is 0.988.